The van der Waals surface area contributed by atoms with Crippen LogP contribution in [0, 0.1) is 0 Å². The standard InChI is InChI=1S/C21H22N4O3/c1-2-25-17-8-6-14(12-16(17)23-24-25)20(26)22-15-7-9-18-19(13-15)28-21(27-18)10-4-3-5-11-21/h6-9,12-13H,2-5,10-11H2,1H3,(H,22,26). The van der Waals surface area contributed by atoms with Gasteiger partial charge in [0, 0.05) is 36.7 Å². The molecule has 1 saturated carbocycles. The zero-order valence-electron chi connectivity index (χ0n) is 15.8. The lowest BCUT2D eigenvalue weighted by Gasteiger charge is -2.31. The first-order valence-electron chi connectivity index (χ1n) is 9.82. The van der Waals surface area contributed by atoms with Crippen molar-refractivity contribution in [3.8, 4) is 11.5 Å². The minimum Gasteiger partial charge on any atom is -0.448 e. The maximum Gasteiger partial charge on any atom is 0.255 e. The van der Waals surface area contributed by atoms with E-state index in [2.05, 4.69) is 15.6 Å². The van der Waals surface area contributed by atoms with Crippen molar-refractivity contribution in [2.45, 2.75) is 51.4 Å². The Morgan fingerprint density at radius 1 is 1.11 bits per heavy atom. The van der Waals surface area contributed by atoms with Crippen LogP contribution < -0.4 is 14.8 Å². The Kier molecular flexibility index (Phi) is 3.96. The Bertz CT molecular complexity index is 1050. The summed E-state index contributed by atoms with van der Waals surface area (Å²) in [4.78, 5) is 12.7. The second-order valence-electron chi connectivity index (χ2n) is 7.40. The molecule has 1 fully saturated rings. The number of carbonyl (C=O) groups is 1. The molecule has 0 atom stereocenters. The first-order chi connectivity index (χ1) is 13.7. The van der Waals surface area contributed by atoms with Crippen LogP contribution in [0.1, 0.15) is 49.4 Å². The van der Waals surface area contributed by atoms with Crippen LogP contribution in [0.2, 0.25) is 0 Å². The number of ether oxygens (including phenoxy) is 2. The van der Waals surface area contributed by atoms with Crippen molar-refractivity contribution in [2.75, 3.05) is 5.32 Å². The summed E-state index contributed by atoms with van der Waals surface area (Å²) >= 11 is 0. The fraction of sp³-hybridized carbons (Fsp3) is 0.381. The Morgan fingerprint density at radius 3 is 2.75 bits per heavy atom. The number of amides is 1. The Labute approximate surface area is 162 Å². The molecule has 1 spiro atoms. The van der Waals surface area contributed by atoms with Gasteiger partial charge >= 0.3 is 0 Å². The van der Waals surface area contributed by atoms with E-state index in [9.17, 15) is 4.79 Å². The van der Waals surface area contributed by atoms with Gasteiger partial charge in [0.2, 0.25) is 0 Å². The van der Waals surface area contributed by atoms with Crippen molar-refractivity contribution in [3.63, 3.8) is 0 Å². The fourth-order valence-electron chi connectivity index (χ4n) is 4.02. The number of nitrogens with one attached hydrogen (secondary N) is 1. The molecule has 2 aliphatic rings. The molecule has 0 unspecified atom stereocenters. The van der Waals surface area contributed by atoms with E-state index in [0.29, 0.717) is 22.5 Å². The Balaban J connectivity index is 1.34. The van der Waals surface area contributed by atoms with Crippen LogP contribution >= 0.6 is 0 Å². The van der Waals surface area contributed by atoms with Gasteiger partial charge in [-0.3, -0.25) is 4.79 Å². The largest absolute Gasteiger partial charge is 0.448 e. The molecule has 2 heterocycles. The molecule has 144 valence electrons. The molecule has 1 N–H and O–H groups in total. The van der Waals surface area contributed by atoms with Crippen LogP contribution in [-0.4, -0.2) is 26.7 Å². The predicted molar refractivity (Wildman–Crippen MR) is 105 cm³/mol. The van der Waals surface area contributed by atoms with E-state index >= 15 is 0 Å². The molecule has 1 aliphatic carbocycles. The summed E-state index contributed by atoms with van der Waals surface area (Å²) in [5.74, 6) is 0.733. The highest BCUT2D eigenvalue weighted by molar-refractivity contribution is 6.06. The van der Waals surface area contributed by atoms with Crippen LogP contribution in [0.5, 0.6) is 11.5 Å². The highest BCUT2D eigenvalue weighted by Gasteiger charge is 2.42. The van der Waals surface area contributed by atoms with Crippen LogP contribution in [0.15, 0.2) is 36.4 Å². The molecule has 28 heavy (non-hydrogen) atoms. The number of benzene rings is 2. The monoisotopic (exact) mass is 378 g/mol. The van der Waals surface area contributed by atoms with Gasteiger partial charge in [-0.05, 0) is 50.1 Å². The van der Waals surface area contributed by atoms with E-state index in [0.717, 1.165) is 43.5 Å². The molecule has 0 saturated heterocycles. The van der Waals surface area contributed by atoms with E-state index in [1.165, 1.54) is 6.42 Å². The number of hydrogen-bond donors (Lipinski definition) is 1. The van der Waals surface area contributed by atoms with E-state index in [1.54, 1.807) is 16.8 Å². The molecular weight excluding hydrogens is 356 g/mol. The van der Waals surface area contributed by atoms with Gasteiger partial charge in [0.25, 0.3) is 11.7 Å². The van der Waals surface area contributed by atoms with E-state index < -0.39 is 5.79 Å². The molecule has 7 heteroatoms. The lowest BCUT2D eigenvalue weighted by atomic mass is 9.94. The van der Waals surface area contributed by atoms with Gasteiger partial charge in [-0.25, -0.2) is 4.68 Å². The summed E-state index contributed by atoms with van der Waals surface area (Å²) in [7, 11) is 0. The zero-order valence-corrected chi connectivity index (χ0v) is 15.8. The van der Waals surface area contributed by atoms with Crippen molar-refractivity contribution in [1.82, 2.24) is 15.0 Å². The number of fused-ring (bicyclic) bond motifs is 2. The van der Waals surface area contributed by atoms with Gasteiger partial charge in [-0.2, -0.15) is 0 Å². The molecule has 1 aliphatic heterocycles. The second-order valence-corrected chi connectivity index (χ2v) is 7.40. The zero-order chi connectivity index (χ0) is 19.1. The quantitative estimate of drug-likeness (QED) is 0.741. The van der Waals surface area contributed by atoms with Crippen molar-refractivity contribution < 1.29 is 14.3 Å². The van der Waals surface area contributed by atoms with Gasteiger partial charge in [-0.1, -0.05) is 11.6 Å². The lowest BCUT2D eigenvalue weighted by Crippen LogP contribution is -2.40. The number of aryl methyl sites for hydroxylation is 1. The first kappa shape index (κ1) is 17.0. The van der Waals surface area contributed by atoms with Crippen molar-refractivity contribution in [1.29, 1.82) is 0 Å². The number of hydrogen-bond acceptors (Lipinski definition) is 5. The number of rotatable bonds is 3. The van der Waals surface area contributed by atoms with Crippen molar-refractivity contribution in [2.24, 2.45) is 0 Å². The second kappa shape index (κ2) is 6.51. The van der Waals surface area contributed by atoms with Gasteiger partial charge < -0.3 is 14.8 Å². The molecular formula is C21H22N4O3. The fourth-order valence-corrected chi connectivity index (χ4v) is 4.02. The highest BCUT2D eigenvalue weighted by atomic mass is 16.7. The number of carbonyl (C=O) groups excluding carboxylic acids is 1. The van der Waals surface area contributed by atoms with Crippen molar-refractivity contribution >= 4 is 22.6 Å². The molecule has 1 amide bonds. The number of aromatic nitrogens is 3. The van der Waals surface area contributed by atoms with Crippen molar-refractivity contribution in [3.05, 3.63) is 42.0 Å². The van der Waals surface area contributed by atoms with Crippen LogP contribution in [-0.2, 0) is 6.54 Å². The SMILES string of the molecule is CCn1nnc2cc(C(=O)Nc3ccc4c(c3)OC3(CCCCC3)O4)ccc21. The van der Waals surface area contributed by atoms with Crippen LogP contribution in [0.3, 0.4) is 0 Å². The summed E-state index contributed by atoms with van der Waals surface area (Å²) in [6.45, 7) is 2.74. The topological polar surface area (TPSA) is 78.3 Å². The highest BCUT2D eigenvalue weighted by Crippen LogP contribution is 2.46. The van der Waals surface area contributed by atoms with Gasteiger partial charge in [0.05, 0.1) is 5.52 Å². The lowest BCUT2D eigenvalue weighted by molar-refractivity contribution is -0.105. The van der Waals surface area contributed by atoms with Gasteiger partial charge in [0.1, 0.15) is 5.52 Å². The Morgan fingerprint density at radius 2 is 1.93 bits per heavy atom. The summed E-state index contributed by atoms with van der Waals surface area (Å²) in [6, 6.07) is 11.0. The normalized spacial score (nSPS) is 17.2. The van der Waals surface area contributed by atoms with Crippen LogP contribution in [0.4, 0.5) is 5.69 Å². The molecule has 5 rings (SSSR count). The minimum absolute atomic E-state index is 0.195. The van der Waals surface area contributed by atoms with E-state index in [-0.39, 0.29) is 5.91 Å². The number of nitrogens with zero attached hydrogens (tertiary/aromatic N) is 3. The average molecular weight is 378 g/mol. The molecule has 2 aromatic carbocycles. The summed E-state index contributed by atoms with van der Waals surface area (Å²) in [6.07, 6.45) is 5.26. The maximum absolute atomic E-state index is 12.7. The molecule has 0 radical (unpaired) electrons. The first-order valence-corrected chi connectivity index (χ1v) is 9.82. The van der Waals surface area contributed by atoms with Gasteiger partial charge in [0.15, 0.2) is 11.5 Å². The summed E-state index contributed by atoms with van der Waals surface area (Å²) in [5, 5.41) is 11.2. The maximum atomic E-state index is 12.7. The predicted octanol–water partition coefficient (Wildman–Crippen LogP) is 4.14. The third kappa shape index (κ3) is 2.87. The number of anilines is 1. The smallest absolute Gasteiger partial charge is 0.255 e. The summed E-state index contributed by atoms with van der Waals surface area (Å²) < 4.78 is 14.0. The van der Waals surface area contributed by atoms with Gasteiger partial charge in [-0.15, -0.1) is 5.10 Å². The molecule has 3 aromatic rings. The van der Waals surface area contributed by atoms with Crippen LogP contribution in [0.25, 0.3) is 11.0 Å². The molecule has 7 nitrogen and oxygen atoms in total. The Hall–Kier alpha value is -3.09. The van der Waals surface area contributed by atoms with E-state index in [4.69, 9.17) is 9.47 Å². The molecule has 0 bridgehead atoms. The summed E-state index contributed by atoms with van der Waals surface area (Å²) in [5.41, 5.74) is 2.84. The minimum atomic E-state index is -0.515. The molecule has 1 aromatic heterocycles. The average Bonchev–Trinajstić information content (AvgIpc) is 3.28. The third-order valence-electron chi connectivity index (χ3n) is 5.48. The van der Waals surface area contributed by atoms with E-state index in [1.807, 2.05) is 31.2 Å². The third-order valence-corrected chi connectivity index (χ3v) is 5.48.